The van der Waals surface area contributed by atoms with Gasteiger partial charge in [0.25, 0.3) is 0 Å². The van der Waals surface area contributed by atoms with Crippen LogP contribution in [0.15, 0.2) is 24.3 Å². The second kappa shape index (κ2) is 9.22. The molecule has 0 bridgehead atoms. The Morgan fingerprint density at radius 3 is 2.50 bits per heavy atom. The van der Waals surface area contributed by atoms with Crippen LogP contribution < -0.4 is 5.73 Å². The number of carbonyl (C=O) groups excluding carboxylic acids is 1. The van der Waals surface area contributed by atoms with Gasteiger partial charge in [-0.2, -0.15) is 0 Å². The van der Waals surface area contributed by atoms with Crippen molar-refractivity contribution >= 4 is 5.97 Å². The molecule has 1 saturated carbocycles. The molecule has 0 saturated heterocycles. The highest BCUT2D eigenvalue weighted by Gasteiger charge is 2.43. The van der Waals surface area contributed by atoms with Gasteiger partial charge in [-0.15, -0.1) is 0 Å². The summed E-state index contributed by atoms with van der Waals surface area (Å²) in [4.78, 5) is 11.8. The Balaban J connectivity index is 1.79. The van der Waals surface area contributed by atoms with E-state index in [0.29, 0.717) is 18.8 Å². The summed E-state index contributed by atoms with van der Waals surface area (Å²) < 4.78 is 4.86. The molecule has 24 heavy (non-hydrogen) atoms. The smallest absolute Gasteiger partial charge is 0.325 e. The Morgan fingerprint density at radius 2 is 1.83 bits per heavy atom. The van der Waals surface area contributed by atoms with Gasteiger partial charge >= 0.3 is 5.97 Å². The van der Waals surface area contributed by atoms with E-state index in [1.54, 1.807) is 0 Å². The predicted octanol–water partition coefficient (Wildman–Crippen LogP) is 4.73. The zero-order valence-corrected chi connectivity index (χ0v) is 15.4. The highest BCUT2D eigenvalue weighted by atomic mass is 16.5. The number of esters is 1. The molecule has 0 aliphatic heterocycles. The van der Waals surface area contributed by atoms with Crippen LogP contribution in [0.2, 0.25) is 0 Å². The normalized spacial score (nSPS) is 23.4. The fourth-order valence-corrected chi connectivity index (χ4v) is 3.81. The fourth-order valence-electron chi connectivity index (χ4n) is 3.81. The first-order chi connectivity index (χ1) is 11.6. The molecule has 0 heterocycles. The molecule has 1 aromatic rings. The summed E-state index contributed by atoms with van der Waals surface area (Å²) in [6.07, 6.45) is 11.5. The van der Waals surface area contributed by atoms with Crippen molar-refractivity contribution in [3.05, 3.63) is 35.4 Å². The molecular weight excluding hydrogens is 298 g/mol. The SMILES string of the molecule is CCCCCCCCc1ccc([C@H]2CC[C@](N)(C(=O)OC)C2)cc1. The lowest BCUT2D eigenvalue weighted by Gasteiger charge is -2.20. The molecule has 0 unspecified atom stereocenters. The molecule has 0 amide bonds. The second-order valence-corrected chi connectivity index (χ2v) is 7.35. The maximum Gasteiger partial charge on any atom is 0.325 e. The van der Waals surface area contributed by atoms with E-state index in [1.165, 1.54) is 63.2 Å². The summed E-state index contributed by atoms with van der Waals surface area (Å²) in [7, 11) is 1.42. The average Bonchev–Trinajstić information content (AvgIpc) is 3.01. The zero-order chi connectivity index (χ0) is 17.4. The van der Waals surface area contributed by atoms with E-state index in [2.05, 4.69) is 31.2 Å². The van der Waals surface area contributed by atoms with E-state index in [-0.39, 0.29) is 5.97 Å². The molecule has 0 radical (unpaired) electrons. The lowest BCUT2D eigenvalue weighted by Crippen LogP contribution is -2.46. The van der Waals surface area contributed by atoms with Crippen molar-refractivity contribution in [2.24, 2.45) is 5.73 Å². The maximum absolute atomic E-state index is 11.8. The predicted molar refractivity (Wildman–Crippen MR) is 99.0 cm³/mol. The Hall–Kier alpha value is -1.35. The highest BCUT2D eigenvalue weighted by Crippen LogP contribution is 2.40. The quantitative estimate of drug-likeness (QED) is 0.526. The Morgan fingerprint density at radius 1 is 1.17 bits per heavy atom. The van der Waals surface area contributed by atoms with Crippen molar-refractivity contribution in [1.29, 1.82) is 0 Å². The highest BCUT2D eigenvalue weighted by molar-refractivity contribution is 5.81. The third kappa shape index (κ3) is 5.07. The molecule has 1 fully saturated rings. The Kier molecular flexibility index (Phi) is 7.29. The van der Waals surface area contributed by atoms with Crippen molar-refractivity contribution in [3.63, 3.8) is 0 Å². The van der Waals surface area contributed by atoms with Crippen molar-refractivity contribution in [3.8, 4) is 0 Å². The largest absolute Gasteiger partial charge is 0.468 e. The van der Waals surface area contributed by atoms with Crippen molar-refractivity contribution in [2.45, 2.75) is 82.6 Å². The maximum atomic E-state index is 11.8. The van der Waals surface area contributed by atoms with Crippen LogP contribution in [-0.4, -0.2) is 18.6 Å². The van der Waals surface area contributed by atoms with E-state index in [0.717, 1.165) is 6.42 Å². The standard InChI is InChI=1S/C21H33NO2/c1-3-4-5-6-7-8-9-17-10-12-18(13-11-17)19-14-15-21(22,16-19)20(23)24-2/h10-13,19H,3-9,14-16,22H2,1-2H3/t19-,21+/m0/s1. The second-order valence-electron chi connectivity index (χ2n) is 7.35. The number of aryl methyl sites for hydroxylation is 1. The van der Waals surface area contributed by atoms with Crippen molar-refractivity contribution in [2.75, 3.05) is 7.11 Å². The molecule has 1 aromatic carbocycles. The van der Waals surface area contributed by atoms with Gasteiger partial charge < -0.3 is 10.5 Å². The van der Waals surface area contributed by atoms with Crippen molar-refractivity contribution in [1.82, 2.24) is 0 Å². The van der Waals surface area contributed by atoms with Crippen LogP contribution in [0.4, 0.5) is 0 Å². The van der Waals surface area contributed by atoms with Gasteiger partial charge in [-0.3, -0.25) is 4.79 Å². The number of benzene rings is 1. The Bertz CT molecular complexity index is 511. The third-order valence-corrected chi connectivity index (χ3v) is 5.41. The molecule has 2 atom stereocenters. The van der Waals surface area contributed by atoms with E-state index in [1.807, 2.05) is 0 Å². The minimum Gasteiger partial charge on any atom is -0.468 e. The van der Waals surface area contributed by atoms with Crippen LogP contribution in [0, 0.1) is 0 Å². The van der Waals surface area contributed by atoms with Gasteiger partial charge in [-0.1, -0.05) is 63.3 Å². The van der Waals surface area contributed by atoms with Crippen molar-refractivity contribution < 1.29 is 9.53 Å². The van der Waals surface area contributed by atoms with Crippen LogP contribution in [0.25, 0.3) is 0 Å². The van der Waals surface area contributed by atoms with E-state index < -0.39 is 5.54 Å². The molecule has 0 spiro atoms. The van der Waals surface area contributed by atoms with E-state index in [4.69, 9.17) is 10.5 Å². The molecule has 134 valence electrons. The first-order valence-corrected chi connectivity index (χ1v) is 9.55. The number of rotatable bonds is 9. The molecule has 2 rings (SSSR count). The average molecular weight is 332 g/mol. The van der Waals surface area contributed by atoms with E-state index in [9.17, 15) is 4.79 Å². The lowest BCUT2D eigenvalue weighted by atomic mass is 9.92. The number of carbonyl (C=O) groups is 1. The van der Waals surface area contributed by atoms with Crippen LogP contribution in [0.5, 0.6) is 0 Å². The van der Waals surface area contributed by atoms with Crippen LogP contribution in [0.3, 0.4) is 0 Å². The fraction of sp³-hybridized carbons (Fsp3) is 0.667. The van der Waals surface area contributed by atoms with Gasteiger partial charge in [-0.25, -0.2) is 0 Å². The molecule has 3 heteroatoms. The molecule has 1 aliphatic carbocycles. The topological polar surface area (TPSA) is 52.3 Å². The summed E-state index contributed by atoms with van der Waals surface area (Å²) in [5, 5.41) is 0. The first kappa shape index (κ1) is 19.0. The van der Waals surface area contributed by atoms with Gasteiger partial charge in [-0.05, 0) is 49.1 Å². The molecular formula is C21H33NO2. The first-order valence-electron chi connectivity index (χ1n) is 9.55. The molecule has 3 nitrogen and oxygen atoms in total. The minimum absolute atomic E-state index is 0.273. The Labute approximate surface area is 147 Å². The number of unbranched alkanes of at least 4 members (excludes halogenated alkanes) is 5. The monoisotopic (exact) mass is 331 g/mol. The number of ether oxygens (including phenoxy) is 1. The molecule has 1 aliphatic rings. The van der Waals surface area contributed by atoms with E-state index >= 15 is 0 Å². The lowest BCUT2D eigenvalue weighted by molar-refractivity contribution is -0.146. The molecule has 2 N–H and O–H groups in total. The zero-order valence-electron chi connectivity index (χ0n) is 15.4. The minimum atomic E-state index is -0.795. The van der Waals surface area contributed by atoms with Gasteiger partial charge in [0.05, 0.1) is 7.11 Å². The number of hydrogen-bond donors (Lipinski definition) is 1. The summed E-state index contributed by atoms with van der Waals surface area (Å²) in [6, 6.07) is 8.94. The van der Waals surface area contributed by atoms with Crippen LogP contribution in [0.1, 0.15) is 81.8 Å². The van der Waals surface area contributed by atoms with Gasteiger partial charge in [0.2, 0.25) is 0 Å². The van der Waals surface area contributed by atoms with Crippen LogP contribution >= 0.6 is 0 Å². The summed E-state index contributed by atoms with van der Waals surface area (Å²) in [6.45, 7) is 2.26. The van der Waals surface area contributed by atoms with Gasteiger partial charge in [0, 0.05) is 0 Å². The third-order valence-electron chi connectivity index (χ3n) is 5.41. The van der Waals surface area contributed by atoms with Gasteiger partial charge in [0.15, 0.2) is 0 Å². The van der Waals surface area contributed by atoms with Gasteiger partial charge in [0.1, 0.15) is 5.54 Å². The number of hydrogen-bond acceptors (Lipinski definition) is 3. The number of nitrogens with two attached hydrogens (primary N) is 1. The molecule has 0 aromatic heterocycles. The van der Waals surface area contributed by atoms with Crippen LogP contribution in [-0.2, 0) is 16.0 Å². The number of methoxy groups -OCH3 is 1. The summed E-state index contributed by atoms with van der Waals surface area (Å²) in [5.74, 6) is 0.0990. The summed E-state index contributed by atoms with van der Waals surface area (Å²) in [5.41, 5.74) is 8.14. The summed E-state index contributed by atoms with van der Waals surface area (Å²) >= 11 is 0.